The molecule has 0 radical (unpaired) electrons. The molecule has 0 bridgehead atoms. The zero-order chi connectivity index (χ0) is 14.6. The Balaban J connectivity index is 3.14. The van der Waals surface area contributed by atoms with Gasteiger partial charge in [0.05, 0.1) is 10.9 Å². The lowest BCUT2D eigenvalue weighted by atomic mass is 10.2. The molecule has 0 saturated carbocycles. The van der Waals surface area contributed by atoms with E-state index in [4.69, 9.17) is 10.9 Å². The van der Waals surface area contributed by atoms with Crippen LogP contribution < -0.4 is 10.5 Å². The first kappa shape index (κ1) is 16.4. The predicted octanol–water partition coefficient (Wildman–Crippen LogP) is 2.01. The molecule has 0 spiro atoms. The van der Waals surface area contributed by atoms with Gasteiger partial charge >= 0.3 is 0 Å². The molecule has 0 fully saturated rings. The zero-order valence-electron chi connectivity index (χ0n) is 9.97. The summed E-state index contributed by atoms with van der Waals surface area (Å²) >= 11 is 6.39. The van der Waals surface area contributed by atoms with Crippen molar-refractivity contribution < 1.29 is 13.6 Å². The van der Waals surface area contributed by atoms with E-state index in [0.29, 0.717) is 15.4 Å². The van der Waals surface area contributed by atoms with Gasteiger partial charge in [0.2, 0.25) is 10.0 Å². The van der Waals surface area contributed by atoms with Gasteiger partial charge in [0.15, 0.2) is 5.84 Å². The van der Waals surface area contributed by atoms with Crippen molar-refractivity contribution in [1.82, 2.24) is 4.72 Å². The topological polar surface area (TPSA) is 105 Å². The van der Waals surface area contributed by atoms with Crippen molar-refractivity contribution in [1.29, 1.82) is 0 Å². The molecule has 19 heavy (non-hydrogen) atoms. The van der Waals surface area contributed by atoms with Crippen LogP contribution in [0.4, 0.5) is 0 Å². The molecule has 106 valence electrons. The average Bonchev–Trinajstić information content (AvgIpc) is 2.37. The number of nitrogens with zero attached hydrogens (tertiary/aromatic N) is 1. The summed E-state index contributed by atoms with van der Waals surface area (Å²) in [7, 11) is -3.78. The Hall–Kier alpha value is -0.640. The maximum atomic E-state index is 12.2. The number of nitrogens with two attached hydrogens (primary N) is 1. The highest BCUT2D eigenvalue weighted by molar-refractivity contribution is 9.11. The van der Waals surface area contributed by atoms with E-state index in [1.54, 1.807) is 19.1 Å². The van der Waals surface area contributed by atoms with Crippen LogP contribution in [0, 0.1) is 0 Å². The van der Waals surface area contributed by atoms with Gasteiger partial charge in [0.25, 0.3) is 0 Å². The lowest BCUT2D eigenvalue weighted by Gasteiger charge is -2.16. The smallest absolute Gasteiger partial charge is 0.242 e. The van der Waals surface area contributed by atoms with E-state index in [1.165, 1.54) is 6.07 Å². The van der Waals surface area contributed by atoms with Gasteiger partial charge in [-0.1, -0.05) is 28.0 Å². The zero-order valence-corrected chi connectivity index (χ0v) is 14.0. The van der Waals surface area contributed by atoms with Gasteiger partial charge in [0, 0.05) is 8.95 Å². The Morgan fingerprint density at radius 1 is 1.53 bits per heavy atom. The molecule has 0 aliphatic carbocycles. The van der Waals surface area contributed by atoms with E-state index < -0.39 is 16.1 Å². The molecule has 0 aliphatic rings. The van der Waals surface area contributed by atoms with E-state index in [0.717, 1.165) is 0 Å². The van der Waals surface area contributed by atoms with E-state index in [9.17, 15) is 8.42 Å². The van der Waals surface area contributed by atoms with Crippen LogP contribution in [0.5, 0.6) is 0 Å². The number of halogens is 2. The van der Waals surface area contributed by atoms with Gasteiger partial charge in [-0.2, -0.15) is 0 Å². The summed E-state index contributed by atoms with van der Waals surface area (Å²) < 4.78 is 27.9. The molecule has 0 saturated heterocycles. The Bertz CT molecular complexity index is 590. The van der Waals surface area contributed by atoms with Gasteiger partial charge in [0.1, 0.15) is 0 Å². The fourth-order valence-corrected chi connectivity index (χ4v) is 4.15. The Labute approximate surface area is 128 Å². The lowest BCUT2D eigenvalue weighted by molar-refractivity contribution is 0.315. The molecule has 9 heteroatoms. The second kappa shape index (κ2) is 6.69. The third-order valence-corrected chi connectivity index (χ3v) is 5.32. The Morgan fingerprint density at radius 2 is 2.16 bits per heavy atom. The number of benzene rings is 1. The fraction of sp³-hybridized carbons (Fsp3) is 0.300. The minimum absolute atomic E-state index is 0.0751. The molecule has 0 heterocycles. The lowest BCUT2D eigenvalue weighted by Crippen LogP contribution is -2.44. The fourth-order valence-electron chi connectivity index (χ4n) is 1.36. The van der Waals surface area contributed by atoms with Crippen LogP contribution >= 0.6 is 31.9 Å². The van der Waals surface area contributed by atoms with Crippen molar-refractivity contribution in [3.8, 4) is 0 Å². The predicted molar refractivity (Wildman–Crippen MR) is 79.7 cm³/mol. The Kier molecular flexibility index (Phi) is 5.78. The molecule has 0 aromatic heterocycles. The Morgan fingerprint density at radius 3 is 2.68 bits per heavy atom. The highest BCUT2D eigenvalue weighted by atomic mass is 79.9. The van der Waals surface area contributed by atoms with Gasteiger partial charge in [-0.3, -0.25) is 0 Å². The van der Waals surface area contributed by atoms with Crippen molar-refractivity contribution in [2.75, 3.05) is 0 Å². The van der Waals surface area contributed by atoms with Gasteiger partial charge in [-0.05, 0) is 40.5 Å². The van der Waals surface area contributed by atoms with Crippen molar-refractivity contribution in [2.24, 2.45) is 10.9 Å². The molecule has 0 aliphatic heterocycles. The molecule has 1 unspecified atom stereocenters. The number of nitrogens with one attached hydrogen (secondary N) is 1. The number of rotatable bonds is 5. The highest BCUT2D eigenvalue weighted by Crippen LogP contribution is 2.25. The van der Waals surface area contributed by atoms with Crippen LogP contribution in [0.2, 0.25) is 0 Å². The molecule has 1 aromatic carbocycles. The second-order valence-corrected chi connectivity index (χ2v) is 7.13. The highest BCUT2D eigenvalue weighted by Gasteiger charge is 2.24. The maximum Gasteiger partial charge on any atom is 0.242 e. The molecule has 0 amide bonds. The maximum absolute atomic E-state index is 12.2. The van der Waals surface area contributed by atoms with Crippen molar-refractivity contribution >= 4 is 47.7 Å². The van der Waals surface area contributed by atoms with Gasteiger partial charge in [-0.25, -0.2) is 13.1 Å². The summed E-state index contributed by atoms with van der Waals surface area (Å²) in [5.74, 6) is -0.183. The number of hydrogen-bond acceptors (Lipinski definition) is 4. The molecule has 4 N–H and O–H groups in total. The van der Waals surface area contributed by atoms with Crippen LogP contribution in [-0.4, -0.2) is 25.5 Å². The quantitative estimate of drug-likeness (QED) is 0.296. The first-order chi connectivity index (χ1) is 8.81. The molecular formula is C10H13Br2N3O3S. The molecule has 6 nitrogen and oxygen atoms in total. The summed E-state index contributed by atoms with van der Waals surface area (Å²) in [6.07, 6.45) is 0.362. The SMILES string of the molecule is CCC(NS(=O)(=O)c1cc(Br)ccc1Br)/C(N)=N/O. The molecule has 1 aromatic rings. The van der Waals surface area contributed by atoms with Crippen LogP contribution in [0.1, 0.15) is 13.3 Å². The van der Waals surface area contributed by atoms with Crippen LogP contribution in [0.15, 0.2) is 37.2 Å². The number of sulfonamides is 1. The number of hydrogen-bond donors (Lipinski definition) is 3. The summed E-state index contributed by atoms with van der Waals surface area (Å²) in [4.78, 5) is 0.0751. The number of amidine groups is 1. The second-order valence-electron chi connectivity index (χ2n) is 3.68. The van der Waals surface area contributed by atoms with Gasteiger partial charge < -0.3 is 10.9 Å². The van der Waals surface area contributed by atoms with E-state index in [-0.39, 0.29) is 10.7 Å². The van der Waals surface area contributed by atoms with Crippen molar-refractivity contribution in [3.05, 3.63) is 27.1 Å². The minimum atomic E-state index is -3.78. The standard InChI is InChI=1S/C10H13Br2N3O3S/c1-2-8(10(13)14-16)15-19(17,18)9-5-6(11)3-4-7(9)12/h3-5,8,15-16H,2H2,1H3,(H2,13,14). The van der Waals surface area contributed by atoms with Crippen LogP contribution in [0.25, 0.3) is 0 Å². The van der Waals surface area contributed by atoms with E-state index in [1.807, 2.05) is 0 Å². The summed E-state index contributed by atoms with van der Waals surface area (Å²) in [6.45, 7) is 1.72. The molecule has 1 atom stereocenters. The van der Waals surface area contributed by atoms with Crippen molar-refractivity contribution in [3.63, 3.8) is 0 Å². The summed E-state index contributed by atoms with van der Waals surface area (Å²) in [5, 5.41) is 11.4. The van der Waals surface area contributed by atoms with Crippen molar-refractivity contribution in [2.45, 2.75) is 24.3 Å². The van der Waals surface area contributed by atoms with E-state index in [2.05, 4.69) is 41.7 Å². The average molecular weight is 415 g/mol. The van der Waals surface area contributed by atoms with Crippen LogP contribution in [-0.2, 0) is 10.0 Å². The summed E-state index contributed by atoms with van der Waals surface area (Å²) in [5.41, 5.74) is 5.43. The summed E-state index contributed by atoms with van der Waals surface area (Å²) in [6, 6.07) is 4.03. The number of oxime groups is 1. The third-order valence-electron chi connectivity index (χ3n) is 2.36. The first-order valence-corrected chi connectivity index (χ1v) is 8.33. The monoisotopic (exact) mass is 413 g/mol. The minimum Gasteiger partial charge on any atom is -0.409 e. The molecular weight excluding hydrogens is 402 g/mol. The largest absolute Gasteiger partial charge is 0.409 e. The van der Waals surface area contributed by atoms with Gasteiger partial charge in [-0.15, -0.1) is 0 Å². The van der Waals surface area contributed by atoms with E-state index >= 15 is 0 Å². The normalized spacial score (nSPS) is 14.4. The molecule has 1 rings (SSSR count). The first-order valence-electron chi connectivity index (χ1n) is 5.26. The van der Waals surface area contributed by atoms with Crippen LogP contribution in [0.3, 0.4) is 0 Å². The third kappa shape index (κ3) is 4.16.